The Bertz CT molecular complexity index is 948. The van der Waals surface area contributed by atoms with Gasteiger partial charge in [-0.2, -0.15) is 0 Å². The number of carbonyl (C=O) groups is 1. The molecule has 1 amide bonds. The molecule has 0 fully saturated rings. The van der Waals surface area contributed by atoms with Crippen LogP contribution in [0.4, 0.5) is 4.79 Å². The number of carbonyl (C=O) groups excluding carboxylic acids is 1. The Balaban J connectivity index is 2.48. The minimum Gasteiger partial charge on any atom is -0.444 e. The van der Waals surface area contributed by atoms with E-state index in [0.29, 0.717) is 5.56 Å². The first-order chi connectivity index (χ1) is 13.2. The third-order valence-corrected chi connectivity index (χ3v) is 6.33. The van der Waals surface area contributed by atoms with E-state index in [1.165, 1.54) is 0 Å². The molecule has 0 heterocycles. The lowest BCUT2D eigenvalue weighted by atomic mass is 9.87. The number of alkyl carbamates (subject to hydrolysis) is 1. The molecule has 0 aromatic heterocycles. The summed E-state index contributed by atoms with van der Waals surface area (Å²) in [4.78, 5) is 12.5. The molecule has 2 aromatic rings. The zero-order valence-electron chi connectivity index (χ0n) is 18.2. The molecule has 158 valence electrons. The molecule has 1 atom stereocenters. The lowest BCUT2D eigenvalue weighted by Crippen LogP contribution is -2.38. The van der Waals surface area contributed by atoms with Gasteiger partial charge in [-0.1, -0.05) is 62.7 Å². The van der Waals surface area contributed by atoms with Crippen molar-refractivity contribution >= 4 is 15.9 Å². The molecule has 0 bridgehead atoms. The standard InChI is InChI=1S/C23H31NO4S/c1-16-8-14-19(15-9-16)29(26,27)20(24-21(25)28-23(5,6)7)17-10-12-18(13-11-17)22(2,3)4/h8-15,20H,1-7H3,(H,24,25). The van der Waals surface area contributed by atoms with E-state index in [1.54, 1.807) is 57.2 Å². The van der Waals surface area contributed by atoms with Gasteiger partial charge in [-0.3, -0.25) is 0 Å². The molecule has 5 nitrogen and oxygen atoms in total. The predicted molar refractivity (Wildman–Crippen MR) is 116 cm³/mol. The van der Waals surface area contributed by atoms with Crippen molar-refractivity contribution in [3.8, 4) is 0 Å². The predicted octanol–water partition coefficient (Wildman–Crippen LogP) is 5.29. The summed E-state index contributed by atoms with van der Waals surface area (Å²) in [5, 5.41) is 1.30. The van der Waals surface area contributed by atoms with Gasteiger partial charge in [0.15, 0.2) is 5.37 Å². The molecule has 1 unspecified atom stereocenters. The van der Waals surface area contributed by atoms with Crippen molar-refractivity contribution in [2.24, 2.45) is 0 Å². The van der Waals surface area contributed by atoms with Gasteiger partial charge in [0.2, 0.25) is 9.84 Å². The molecule has 2 rings (SSSR count). The molecule has 0 saturated carbocycles. The summed E-state index contributed by atoms with van der Waals surface area (Å²) in [6.07, 6.45) is -0.780. The molecule has 1 N–H and O–H groups in total. The minimum absolute atomic E-state index is 0.0670. The molecule has 0 radical (unpaired) electrons. The quantitative estimate of drug-likeness (QED) is 0.734. The molecule has 0 aliphatic rings. The fraction of sp³-hybridized carbons (Fsp3) is 0.435. The first kappa shape index (κ1) is 22.9. The summed E-state index contributed by atoms with van der Waals surface area (Å²) in [7, 11) is -3.88. The van der Waals surface area contributed by atoms with Crippen molar-refractivity contribution in [2.45, 2.75) is 69.8 Å². The van der Waals surface area contributed by atoms with Crippen LogP contribution in [0.25, 0.3) is 0 Å². The third-order valence-electron chi connectivity index (χ3n) is 4.39. The number of sulfone groups is 1. The van der Waals surface area contributed by atoms with Crippen LogP contribution >= 0.6 is 0 Å². The second-order valence-electron chi connectivity index (χ2n) is 9.26. The summed E-state index contributed by atoms with van der Waals surface area (Å²) in [5.41, 5.74) is 1.70. The first-order valence-corrected chi connectivity index (χ1v) is 11.2. The van der Waals surface area contributed by atoms with E-state index in [1.807, 2.05) is 19.1 Å². The van der Waals surface area contributed by atoms with E-state index < -0.39 is 26.9 Å². The summed E-state index contributed by atoms with van der Waals surface area (Å²) in [5.74, 6) is 0. The Hall–Kier alpha value is -2.34. The van der Waals surface area contributed by atoms with Crippen molar-refractivity contribution < 1.29 is 17.9 Å². The van der Waals surface area contributed by atoms with Crippen LogP contribution in [0.2, 0.25) is 0 Å². The van der Waals surface area contributed by atoms with Gasteiger partial charge in [-0.05, 0) is 56.4 Å². The molecular weight excluding hydrogens is 386 g/mol. The number of ether oxygens (including phenoxy) is 1. The minimum atomic E-state index is -3.88. The Morgan fingerprint density at radius 1 is 0.897 bits per heavy atom. The summed E-state index contributed by atoms with van der Waals surface area (Å²) < 4.78 is 32.0. The van der Waals surface area contributed by atoms with Crippen molar-refractivity contribution in [1.82, 2.24) is 5.32 Å². The van der Waals surface area contributed by atoms with E-state index in [4.69, 9.17) is 4.74 Å². The topological polar surface area (TPSA) is 72.5 Å². The van der Waals surface area contributed by atoms with Gasteiger partial charge in [0, 0.05) is 0 Å². The number of rotatable bonds is 4. The zero-order valence-corrected chi connectivity index (χ0v) is 19.1. The van der Waals surface area contributed by atoms with Crippen LogP contribution in [0.5, 0.6) is 0 Å². The summed E-state index contributed by atoms with van der Waals surface area (Å²) in [6, 6.07) is 13.9. The van der Waals surface area contributed by atoms with Crippen LogP contribution in [0, 0.1) is 6.92 Å². The Labute approximate surface area is 174 Å². The van der Waals surface area contributed by atoms with Crippen LogP contribution in [0.1, 0.15) is 63.6 Å². The van der Waals surface area contributed by atoms with Gasteiger partial charge in [0.25, 0.3) is 0 Å². The lowest BCUT2D eigenvalue weighted by Gasteiger charge is -2.25. The largest absolute Gasteiger partial charge is 0.444 e. The fourth-order valence-corrected chi connectivity index (χ4v) is 4.33. The zero-order chi connectivity index (χ0) is 22.0. The highest BCUT2D eigenvalue weighted by Crippen LogP contribution is 2.30. The lowest BCUT2D eigenvalue weighted by molar-refractivity contribution is 0.0519. The normalized spacial score (nSPS) is 13.6. The molecule has 2 aromatic carbocycles. The Kier molecular flexibility index (Phi) is 6.48. The van der Waals surface area contributed by atoms with E-state index in [-0.39, 0.29) is 10.3 Å². The van der Waals surface area contributed by atoms with Crippen molar-refractivity contribution in [1.29, 1.82) is 0 Å². The van der Waals surface area contributed by atoms with Gasteiger partial charge in [0.05, 0.1) is 4.90 Å². The molecule has 0 aliphatic heterocycles. The van der Waals surface area contributed by atoms with Crippen LogP contribution in [-0.2, 0) is 20.0 Å². The average molecular weight is 418 g/mol. The number of hydrogen-bond donors (Lipinski definition) is 1. The molecule has 0 aliphatic carbocycles. The molecule has 29 heavy (non-hydrogen) atoms. The molecular formula is C23H31NO4S. The second kappa shape index (κ2) is 8.19. The maximum Gasteiger partial charge on any atom is 0.408 e. The maximum absolute atomic E-state index is 13.4. The van der Waals surface area contributed by atoms with Crippen molar-refractivity contribution in [2.75, 3.05) is 0 Å². The van der Waals surface area contributed by atoms with Crippen LogP contribution in [0.15, 0.2) is 53.4 Å². The Morgan fingerprint density at radius 2 is 1.41 bits per heavy atom. The van der Waals surface area contributed by atoms with E-state index in [0.717, 1.165) is 11.1 Å². The van der Waals surface area contributed by atoms with Gasteiger partial charge >= 0.3 is 6.09 Å². The highest BCUT2D eigenvalue weighted by Gasteiger charge is 2.32. The summed E-state index contributed by atoms with van der Waals surface area (Å²) in [6.45, 7) is 13.3. The summed E-state index contributed by atoms with van der Waals surface area (Å²) >= 11 is 0. The number of benzene rings is 2. The van der Waals surface area contributed by atoms with Gasteiger partial charge < -0.3 is 10.1 Å². The van der Waals surface area contributed by atoms with Crippen molar-refractivity contribution in [3.05, 3.63) is 65.2 Å². The number of amides is 1. The number of hydrogen-bond acceptors (Lipinski definition) is 4. The van der Waals surface area contributed by atoms with Gasteiger partial charge in [0.1, 0.15) is 5.60 Å². The van der Waals surface area contributed by atoms with Gasteiger partial charge in [-0.15, -0.1) is 0 Å². The molecule has 0 saturated heterocycles. The highest BCUT2D eigenvalue weighted by molar-refractivity contribution is 7.91. The van der Waals surface area contributed by atoms with E-state index in [9.17, 15) is 13.2 Å². The maximum atomic E-state index is 13.4. The molecule has 0 spiro atoms. The van der Waals surface area contributed by atoms with Gasteiger partial charge in [-0.25, -0.2) is 13.2 Å². The second-order valence-corrected chi connectivity index (χ2v) is 11.3. The van der Waals surface area contributed by atoms with Crippen LogP contribution in [-0.4, -0.2) is 20.1 Å². The van der Waals surface area contributed by atoms with Crippen molar-refractivity contribution in [3.63, 3.8) is 0 Å². The fourth-order valence-electron chi connectivity index (χ4n) is 2.78. The first-order valence-electron chi connectivity index (χ1n) is 9.61. The van der Waals surface area contributed by atoms with Crippen LogP contribution in [0.3, 0.4) is 0 Å². The number of aryl methyl sites for hydroxylation is 1. The average Bonchev–Trinajstić information content (AvgIpc) is 2.58. The monoisotopic (exact) mass is 417 g/mol. The SMILES string of the molecule is Cc1ccc(S(=O)(=O)C(NC(=O)OC(C)(C)C)c2ccc(C(C)(C)C)cc2)cc1. The Morgan fingerprint density at radius 3 is 1.86 bits per heavy atom. The smallest absolute Gasteiger partial charge is 0.408 e. The van der Waals surface area contributed by atoms with E-state index >= 15 is 0 Å². The van der Waals surface area contributed by atoms with E-state index in [2.05, 4.69) is 26.1 Å². The number of nitrogens with one attached hydrogen (secondary N) is 1. The van der Waals surface area contributed by atoms with Crippen LogP contribution < -0.4 is 5.32 Å². The molecule has 6 heteroatoms. The highest BCUT2D eigenvalue weighted by atomic mass is 32.2. The third kappa shape index (κ3) is 6.07.